The fourth-order valence-corrected chi connectivity index (χ4v) is 4.84. The summed E-state index contributed by atoms with van der Waals surface area (Å²) >= 11 is 0. The van der Waals surface area contributed by atoms with Crippen molar-refractivity contribution in [2.45, 2.75) is 31.2 Å². The quantitative estimate of drug-likeness (QED) is 0.880. The molecule has 1 aromatic heterocycles. The van der Waals surface area contributed by atoms with Crippen LogP contribution in [0.15, 0.2) is 12.1 Å². The number of carbonyl (C=O) groups excluding carboxylic acids is 1. The number of benzene rings is 1. The minimum absolute atomic E-state index is 0.138. The lowest BCUT2D eigenvalue weighted by Gasteiger charge is -2.30. The van der Waals surface area contributed by atoms with Gasteiger partial charge in [0, 0.05) is 35.1 Å². The minimum atomic E-state index is -0.357. The SMILES string of the molecule is COc1ccc2[nH]c3c(c2c1F)CC(=O)N1C[C@@H]2C[C@@H]3[C@@H]1C2. The Balaban J connectivity index is 1.78. The van der Waals surface area contributed by atoms with Gasteiger partial charge in [0.1, 0.15) is 0 Å². The number of hydrogen-bond acceptors (Lipinski definition) is 2. The summed E-state index contributed by atoms with van der Waals surface area (Å²) in [6.45, 7) is 0.883. The highest BCUT2D eigenvalue weighted by atomic mass is 19.1. The summed E-state index contributed by atoms with van der Waals surface area (Å²) in [6.07, 6.45) is 2.49. The molecule has 0 spiro atoms. The number of methoxy groups -OCH3 is 1. The third kappa shape index (κ3) is 1.39. The van der Waals surface area contributed by atoms with Gasteiger partial charge in [-0.25, -0.2) is 4.39 Å². The van der Waals surface area contributed by atoms with E-state index in [2.05, 4.69) is 4.98 Å². The molecule has 1 amide bonds. The summed E-state index contributed by atoms with van der Waals surface area (Å²) in [5.74, 6) is 0.954. The Morgan fingerprint density at radius 2 is 2.23 bits per heavy atom. The van der Waals surface area contributed by atoms with Gasteiger partial charge in [0.2, 0.25) is 5.91 Å². The van der Waals surface area contributed by atoms with Gasteiger partial charge in [-0.15, -0.1) is 0 Å². The number of piperidine rings is 1. The number of ether oxygens (including phenoxy) is 1. The molecule has 5 rings (SSSR count). The van der Waals surface area contributed by atoms with E-state index in [0.717, 1.165) is 36.2 Å². The van der Waals surface area contributed by atoms with Crippen molar-refractivity contribution in [1.82, 2.24) is 9.88 Å². The Bertz CT molecular complexity index is 813. The Kier molecular flexibility index (Phi) is 2.29. The number of nitrogens with zero attached hydrogens (tertiary/aromatic N) is 1. The average Bonchev–Trinajstić information content (AvgIpc) is 3.18. The van der Waals surface area contributed by atoms with E-state index in [0.29, 0.717) is 29.7 Å². The molecule has 0 unspecified atom stereocenters. The monoisotopic (exact) mass is 300 g/mol. The van der Waals surface area contributed by atoms with E-state index >= 15 is 0 Å². The first kappa shape index (κ1) is 12.5. The van der Waals surface area contributed by atoms with Crippen LogP contribution in [0.2, 0.25) is 0 Å². The molecule has 1 N–H and O–H groups in total. The highest BCUT2D eigenvalue weighted by molar-refractivity contribution is 5.93. The van der Waals surface area contributed by atoms with Crippen LogP contribution in [0.4, 0.5) is 4.39 Å². The van der Waals surface area contributed by atoms with Gasteiger partial charge in [-0.3, -0.25) is 4.79 Å². The maximum atomic E-state index is 14.7. The van der Waals surface area contributed by atoms with Gasteiger partial charge >= 0.3 is 0 Å². The number of fused-ring (bicyclic) bond motifs is 5. The fraction of sp³-hybridized carbons (Fsp3) is 0.471. The van der Waals surface area contributed by atoms with Gasteiger partial charge < -0.3 is 14.6 Å². The van der Waals surface area contributed by atoms with Crippen molar-refractivity contribution < 1.29 is 13.9 Å². The second-order valence-electron chi connectivity index (χ2n) is 6.76. The Morgan fingerprint density at radius 1 is 1.36 bits per heavy atom. The van der Waals surface area contributed by atoms with Crippen molar-refractivity contribution in [3.8, 4) is 5.75 Å². The molecule has 1 saturated heterocycles. The summed E-state index contributed by atoms with van der Waals surface area (Å²) < 4.78 is 19.8. The molecular weight excluding hydrogens is 283 g/mol. The van der Waals surface area contributed by atoms with E-state index in [-0.39, 0.29) is 17.5 Å². The van der Waals surface area contributed by atoms with E-state index in [1.807, 2.05) is 11.0 Å². The second-order valence-corrected chi connectivity index (χ2v) is 6.76. The molecular formula is C17H17FN2O2. The predicted molar refractivity (Wildman–Crippen MR) is 79.5 cm³/mol. The topological polar surface area (TPSA) is 45.3 Å². The third-order valence-corrected chi connectivity index (χ3v) is 5.72. The summed E-state index contributed by atoms with van der Waals surface area (Å²) in [7, 11) is 1.47. The lowest BCUT2D eigenvalue weighted by molar-refractivity contribution is -0.132. The van der Waals surface area contributed by atoms with Crippen LogP contribution in [0.1, 0.15) is 30.0 Å². The smallest absolute Gasteiger partial charge is 0.227 e. The van der Waals surface area contributed by atoms with E-state index in [9.17, 15) is 9.18 Å². The third-order valence-electron chi connectivity index (χ3n) is 5.72. The molecule has 0 radical (unpaired) electrons. The van der Waals surface area contributed by atoms with Crippen molar-refractivity contribution >= 4 is 16.8 Å². The molecule has 2 bridgehead atoms. The largest absolute Gasteiger partial charge is 0.494 e. The number of rotatable bonds is 1. The summed E-state index contributed by atoms with van der Waals surface area (Å²) in [5.41, 5.74) is 2.69. The first-order valence-electron chi connectivity index (χ1n) is 7.83. The van der Waals surface area contributed by atoms with E-state index in [1.165, 1.54) is 7.11 Å². The van der Waals surface area contributed by atoms with E-state index in [1.54, 1.807) is 6.07 Å². The van der Waals surface area contributed by atoms with Crippen LogP contribution in [0.5, 0.6) is 5.75 Å². The number of amides is 1. The molecule has 3 heterocycles. The normalized spacial score (nSPS) is 29.1. The molecule has 2 aliphatic heterocycles. The molecule has 2 aromatic rings. The fourth-order valence-electron chi connectivity index (χ4n) is 4.84. The maximum Gasteiger partial charge on any atom is 0.227 e. The molecule has 5 heteroatoms. The zero-order chi connectivity index (χ0) is 15.0. The highest BCUT2D eigenvalue weighted by Crippen LogP contribution is 2.50. The summed E-state index contributed by atoms with van der Waals surface area (Å²) in [5, 5.41) is 0.536. The number of aromatic nitrogens is 1. The molecule has 3 atom stereocenters. The Morgan fingerprint density at radius 3 is 3.00 bits per heavy atom. The summed E-state index contributed by atoms with van der Waals surface area (Å²) in [4.78, 5) is 18.0. The van der Waals surface area contributed by atoms with Crippen LogP contribution < -0.4 is 4.74 Å². The lowest BCUT2D eigenvalue weighted by atomic mass is 9.93. The Labute approximate surface area is 127 Å². The van der Waals surface area contributed by atoms with Gasteiger partial charge in [0.05, 0.1) is 13.5 Å². The Hall–Kier alpha value is -2.04. The van der Waals surface area contributed by atoms with Crippen LogP contribution in [-0.4, -0.2) is 35.5 Å². The molecule has 22 heavy (non-hydrogen) atoms. The average molecular weight is 300 g/mol. The second kappa shape index (κ2) is 4.03. The van der Waals surface area contributed by atoms with Crippen molar-refractivity contribution in [1.29, 1.82) is 0 Å². The zero-order valence-electron chi connectivity index (χ0n) is 12.4. The number of hydrogen-bond donors (Lipinski definition) is 1. The number of aromatic amines is 1. The van der Waals surface area contributed by atoms with Crippen LogP contribution in [0.25, 0.3) is 10.9 Å². The van der Waals surface area contributed by atoms with Crippen molar-refractivity contribution in [2.75, 3.05) is 13.7 Å². The lowest BCUT2D eigenvalue weighted by Crippen LogP contribution is -2.40. The molecule has 2 fully saturated rings. The molecule has 1 aliphatic carbocycles. The maximum absolute atomic E-state index is 14.7. The van der Waals surface area contributed by atoms with Crippen molar-refractivity contribution in [3.05, 3.63) is 29.2 Å². The number of carbonyl (C=O) groups is 1. The predicted octanol–water partition coefficient (Wildman–Crippen LogP) is 2.58. The highest BCUT2D eigenvalue weighted by Gasteiger charge is 2.50. The molecule has 1 saturated carbocycles. The molecule has 1 aromatic carbocycles. The van der Waals surface area contributed by atoms with E-state index in [4.69, 9.17) is 4.74 Å². The van der Waals surface area contributed by atoms with Crippen LogP contribution >= 0.6 is 0 Å². The van der Waals surface area contributed by atoms with Gasteiger partial charge in [0.25, 0.3) is 0 Å². The number of nitrogens with one attached hydrogen (secondary N) is 1. The van der Waals surface area contributed by atoms with Crippen LogP contribution in [-0.2, 0) is 11.2 Å². The first-order valence-corrected chi connectivity index (χ1v) is 7.83. The standard InChI is InChI=1S/C17H17FN2O2/c1-22-13-3-2-11-15(16(13)18)10-6-14(21)20-7-8-4-9(12(20)5-8)17(10)19-11/h2-3,8-9,12,19H,4-7H2,1H3/t8-,9-,12+/m1/s1. The summed E-state index contributed by atoms with van der Waals surface area (Å²) in [6, 6.07) is 3.79. The van der Waals surface area contributed by atoms with E-state index < -0.39 is 0 Å². The number of halogens is 1. The van der Waals surface area contributed by atoms with Gasteiger partial charge in [-0.05, 0) is 36.5 Å². The van der Waals surface area contributed by atoms with Crippen LogP contribution in [0.3, 0.4) is 0 Å². The molecule has 4 nitrogen and oxygen atoms in total. The van der Waals surface area contributed by atoms with Crippen molar-refractivity contribution in [2.24, 2.45) is 5.92 Å². The van der Waals surface area contributed by atoms with Gasteiger partial charge in [0.15, 0.2) is 11.6 Å². The van der Waals surface area contributed by atoms with Crippen molar-refractivity contribution in [3.63, 3.8) is 0 Å². The van der Waals surface area contributed by atoms with Crippen LogP contribution in [0, 0.1) is 11.7 Å². The molecule has 114 valence electrons. The van der Waals surface area contributed by atoms with Gasteiger partial charge in [-0.2, -0.15) is 0 Å². The zero-order valence-corrected chi connectivity index (χ0v) is 12.4. The molecule has 3 aliphatic rings. The minimum Gasteiger partial charge on any atom is -0.494 e. The number of H-pyrrole nitrogens is 1. The van der Waals surface area contributed by atoms with Gasteiger partial charge in [-0.1, -0.05) is 0 Å². The first-order chi connectivity index (χ1) is 10.7.